The number of nitriles is 1. The number of carboxylic acid groups (broad SMARTS) is 1. The summed E-state index contributed by atoms with van der Waals surface area (Å²) in [5, 5.41) is 18.9. The highest BCUT2D eigenvalue weighted by atomic mass is 19.4. The number of alkyl halides is 3. The van der Waals surface area contributed by atoms with E-state index >= 15 is 0 Å². The van der Waals surface area contributed by atoms with Crippen molar-refractivity contribution in [3.8, 4) is 6.07 Å². The van der Waals surface area contributed by atoms with Crippen molar-refractivity contribution in [2.75, 3.05) is 37.6 Å². The van der Waals surface area contributed by atoms with E-state index in [-0.39, 0.29) is 0 Å². The van der Waals surface area contributed by atoms with E-state index in [2.05, 4.69) is 40.1 Å². The molecule has 0 radical (unpaired) electrons. The number of aliphatic carboxylic acids is 1. The topological polar surface area (TPSA) is 67.6 Å². The van der Waals surface area contributed by atoms with Crippen molar-refractivity contribution in [1.29, 1.82) is 5.26 Å². The van der Waals surface area contributed by atoms with Gasteiger partial charge in [-0.15, -0.1) is 0 Å². The highest BCUT2D eigenvalue weighted by Crippen LogP contribution is 2.35. The molecular weight excluding hydrogens is 431 g/mol. The zero-order valence-electron chi connectivity index (χ0n) is 18.7. The molecule has 1 aliphatic heterocycles. The molecule has 2 aromatic rings. The van der Waals surface area contributed by atoms with E-state index in [1.807, 2.05) is 12.1 Å². The third-order valence-electron chi connectivity index (χ3n) is 6.13. The van der Waals surface area contributed by atoms with Crippen LogP contribution in [0.15, 0.2) is 36.4 Å². The molecule has 0 bridgehead atoms. The Labute approximate surface area is 192 Å². The Morgan fingerprint density at radius 2 is 1.73 bits per heavy atom. The predicted octanol–water partition coefficient (Wildman–Crippen LogP) is 5.44. The molecule has 1 saturated heterocycles. The largest absolute Gasteiger partial charge is 0.490 e. The van der Waals surface area contributed by atoms with Crippen LogP contribution in [-0.4, -0.2) is 54.9 Å². The minimum atomic E-state index is -5.08. The Morgan fingerprint density at radius 1 is 1.09 bits per heavy atom. The lowest BCUT2D eigenvalue weighted by atomic mass is 10.0. The molecule has 4 rings (SSSR count). The summed E-state index contributed by atoms with van der Waals surface area (Å²) >= 11 is 0. The first-order valence-electron chi connectivity index (χ1n) is 11.5. The number of fused-ring (bicyclic) bond motifs is 1. The number of piperidine rings is 1. The fourth-order valence-corrected chi connectivity index (χ4v) is 4.25. The zero-order chi connectivity index (χ0) is 23.8. The van der Waals surface area contributed by atoms with Gasteiger partial charge in [-0.3, -0.25) is 0 Å². The highest BCUT2D eigenvalue weighted by molar-refractivity contribution is 5.97. The summed E-state index contributed by atoms with van der Waals surface area (Å²) in [6, 6.07) is 14.9. The molecule has 0 atom stereocenters. The van der Waals surface area contributed by atoms with Gasteiger partial charge in [0.15, 0.2) is 0 Å². The Balaban J connectivity index is 0.000000383. The number of rotatable bonds is 7. The van der Waals surface area contributed by atoms with Gasteiger partial charge in [0.25, 0.3) is 0 Å². The molecule has 1 N–H and O–H groups in total. The second-order valence-electron chi connectivity index (χ2n) is 8.74. The molecule has 5 nitrogen and oxygen atoms in total. The molecule has 1 heterocycles. The maximum absolute atomic E-state index is 10.6. The number of carboxylic acids is 1. The predicted molar refractivity (Wildman–Crippen MR) is 122 cm³/mol. The second kappa shape index (κ2) is 11.4. The lowest BCUT2D eigenvalue weighted by Gasteiger charge is -2.30. The van der Waals surface area contributed by atoms with Gasteiger partial charge in [-0.1, -0.05) is 30.7 Å². The number of halogens is 3. The molecule has 33 heavy (non-hydrogen) atoms. The van der Waals surface area contributed by atoms with Gasteiger partial charge < -0.3 is 14.9 Å². The van der Waals surface area contributed by atoms with E-state index in [0.717, 1.165) is 30.0 Å². The van der Waals surface area contributed by atoms with Gasteiger partial charge in [0.2, 0.25) is 0 Å². The van der Waals surface area contributed by atoms with Crippen molar-refractivity contribution in [3.63, 3.8) is 0 Å². The number of nitrogens with zero attached hydrogens (tertiary/aromatic N) is 3. The maximum atomic E-state index is 10.6. The Hall–Kier alpha value is -2.79. The number of hydrogen-bond acceptors (Lipinski definition) is 4. The molecular formula is C25H30F3N3O2. The summed E-state index contributed by atoms with van der Waals surface area (Å²) in [7, 11) is 0. The third kappa shape index (κ3) is 7.36. The molecule has 8 heteroatoms. The highest BCUT2D eigenvalue weighted by Gasteiger charge is 2.38. The summed E-state index contributed by atoms with van der Waals surface area (Å²) in [6.07, 6.45) is 3.02. The summed E-state index contributed by atoms with van der Waals surface area (Å²) < 4.78 is 31.7. The third-order valence-corrected chi connectivity index (χ3v) is 6.13. The van der Waals surface area contributed by atoms with E-state index in [4.69, 9.17) is 9.90 Å². The van der Waals surface area contributed by atoms with Crippen molar-refractivity contribution < 1.29 is 23.1 Å². The number of hydrogen-bond donors (Lipinski definition) is 1. The summed E-state index contributed by atoms with van der Waals surface area (Å²) in [6.45, 7) is 6.05. The van der Waals surface area contributed by atoms with Gasteiger partial charge in [0.1, 0.15) is 0 Å². The number of carbonyl (C=O) groups is 1. The molecule has 0 unspecified atom stereocenters. The molecule has 178 valence electrons. The van der Waals surface area contributed by atoms with E-state index in [0.29, 0.717) is 0 Å². The average Bonchev–Trinajstić information content (AvgIpc) is 3.62. The van der Waals surface area contributed by atoms with E-state index in [1.165, 1.54) is 69.2 Å². The normalized spacial score (nSPS) is 16.5. The van der Waals surface area contributed by atoms with Gasteiger partial charge in [-0.25, -0.2) is 4.79 Å². The zero-order valence-corrected chi connectivity index (χ0v) is 18.7. The van der Waals surface area contributed by atoms with Crippen LogP contribution in [0.1, 0.15) is 44.1 Å². The monoisotopic (exact) mass is 461 g/mol. The Bertz CT molecular complexity index is 977. The average molecular weight is 462 g/mol. The number of benzene rings is 2. The Kier molecular flexibility index (Phi) is 8.56. The fourth-order valence-electron chi connectivity index (χ4n) is 4.25. The fraction of sp³-hybridized carbons (Fsp3) is 0.520. The van der Waals surface area contributed by atoms with Crippen LogP contribution in [0.25, 0.3) is 10.8 Å². The van der Waals surface area contributed by atoms with Crippen LogP contribution in [0.4, 0.5) is 18.9 Å². The van der Waals surface area contributed by atoms with Gasteiger partial charge in [-0.05, 0) is 69.8 Å². The first kappa shape index (κ1) is 24.8. The summed E-state index contributed by atoms with van der Waals surface area (Å²) in [5.41, 5.74) is 2.09. The molecule has 2 aromatic carbocycles. The minimum Gasteiger partial charge on any atom is -0.475 e. The SMILES string of the molecule is N#Cc1ccc(N(CCCN2CCCCC2)CC2CC2)c2ccccc12.O=C(O)C(F)(F)F. The quantitative estimate of drug-likeness (QED) is 0.595. The molecule has 0 aromatic heterocycles. The number of anilines is 1. The smallest absolute Gasteiger partial charge is 0.475 e. The standard InChI is InChI=1S/C23H29N3.C2HF3O2/c24-17-20-11-12-23(22-8-3-2-7-21(20)22)26(18-19-9-10-19)16-6-15-25-13-4-1-5-14-25;3-2(4,5)1(6)7/h2-3,7-8,11-12,19H,1,4-6,9-10,13-16,18H2;(H,6,7). The van der Waals surface area contributed by atoms with E-state index in [1.54, 1.807) is 0 Å². The van der Waals surface area contributed by atoms with Gasteiger partial charge in [0, 0.05) is 29.5 Å². The molecule has 0 amide bonds. The van der Waals surface area contributed by atoms with Gasteiger partial charge in [0.05, 0.1) is 11.6 Å². The van der Waals surface area contributed by atoms with Crippen molar-refractivity contribution in [2.24, 2.45) is 5.92 Å². The van der Waals surface area contributed by atoms with Crippen molar-refractivity contribution in [3.05, 3.63) is 42.0 Å². The lowest BCUT2D eigenvalue weighted by Crippen LogP contribution is -2.34. The summed E-state index contributed by atoms with van der Waals surface area (Å²) in [5.74, 6) is -1.90. The van der Waals surface area contributed by atoms with Crippen LogP contribution in [-0.2, 0) is 4.79 Å². The second-order valence-corrected chi connectivity index (χ2v) is 8.74. The van der Waals surface area contributed by atoms with Crippen LogP contribution >= 0.6 is 0 Å². The minimum absolute atomic E-state index is 0.782. The maximum Gasteiger partial charge on any atom is 0.490 e. The number of likely N-dealkylation sites (tertiary alicyclic amines) is 1. The Morgan fingerprint density at radius 3 is 2.30 bits per heavy atom. The van der Waals surface area contributed by atoms with Crippen molar-refractivity contribution in [2.45, 2.75) is 44.7 Å². The van der Waals surface area contributed by atoms with E-state index in [9.17, 15) is 18.4 Å². The van der Waals surface area contributed by atoms with Gasteiger partial charge in [-0.2, -0.15) is 18.4 Å². The first-order chi connectivity index (χ1) is 15.8. The first-order valence-corrected chi connectivity index (χ1v) is 11.5. The van der Waals surface area contributed by atoms with Crippen molar-refractivity contribution >= 4 is 22.4 Å². The van der Waals surface area contributed by atoms with Gasteiger partial charge >= 0.3 is 12.1 Å². The molecule has 0 spiro atoms. The van der Waals surface area contributed by atoms with Crippen LogP contribution in [0.5, 0.6) is 0 Å². The molecule has 1 aliphatic carbocycles. The van der Waals surface area contributed by atoms with Crippen LogP contribution in [0, 0.1) is 17.2 Å². The van der Waals surface area contributed by atoms with Crippen molar-refractivity contribution in [1.82, 2.24) is 4.90 Å². The molecule has 1 saturated carbocycles. The lowest BCUT2D eigenvalue weighted by molar-refractivity contribution is -0.192. The van der Waals surface area contributed by atoms with Crippen LogP contribution in [0.3, 0.4) is 0 Å². The van der Waals surface area contributed by atoms with E-state index < -0.39 is 12.1 Å². The molecule has 2 aliphatic rings. The van der Waals surface area contributed by atoms with Crippen LogP contribution < -0.4 is 4.90 Å². The molecule has 2 fully saturated rings. The van der Waals surface area contributed by atoms with Crippen LogP contribution in [0.2, 0.25) is 0 Å². The summed E-state index contributed by atoms with van der Waals surface area (Å²) in [4.78, 5) is 14.1.